The molecule has 21 heavy (non-hydrogen) atoms. The number of pyridine rings is 1. The van der Waals surface area contributed by atoms with E-state index < -0.39 is 0 Å². The van der Waals surface area contributed by atoms with Gasteiger partial charge >= 0.3 is 0 Å². The molecule has 0 saturated carbocycles. The van der Waals surface area contributed by atoms with Gasteiger partial charge in [-0.05, 0) is 25.1 Å². The van der Waals surface area contributed by atoms with E-state index in [2.05, 4.69) is 17.2 Å². The van der Waals surface area contributed by atoms with Crippen LogP contribution in [0.3, 0.4) is 0 Å². The van der Waals surface area contributed by atoms with E-state index in [9.17, 15) is 4.39 Å². The molecule has 1 unspecified atom stereocenters. The van der Waals surface area contributed by atoms with Crippen LogP contribution in [0.4, 0.5) is 4.39 Å². The molecule has 0 saturated heterocycles. The summed E-state index contributed by atoms with van der Waals surface area (Å²) in [6.07, 6.45) is 3.79. The minimum absolute atomic E-state index is 0.244. The van der Waals surface area contributed by atoms with Gasteiger partial charge in [0.2, 0.25) is 0 Å². The van der Waals surface area contributed by atoms with Crippen LogP contribution in [0.15, 0.2) is 42.7 Å². The molecular formula is C17H21FN2O. The molecule has 4 heteroatoms. The molecule has 1 heterocycles. The molecule has 0 aliphatic carbocycles. The zero-order valence-corrected chi connectivity index (χ0v) is 12.5. The monoisotopic (exact) mass is 288 g/mol. The number of para-hydroxylation sites is 1. The van der Waals surface area contributed by atoms with Crippen molar-refractivity contribution in [3.8, 4) is 5.75 Å². The third-order valence-corrected chi connectivity index (χ3v) is 3.21. The average Bonchev–Trinajstić information content (AvgIpc) is 2.52. The summed E-state index contributed by atoms with van der Waals surface area (Å²) in [7, 11) is 0. The normalized spacial score (nSPS) is 12.1. The first-order chi connectivity index (χ1) is 10.3. The Hall–Kier alpha value is -1.94. The van der Waals surface area contributed by atoms with Crippen LogP contribution in [0, 0.1) is 5.82 Å². The second-order valence-electron chi connectivity index (χ2n) is 4.77. The zero-order chi connectivity index (χ0) is 15.1. The molecule has 3 nitrogen and oxygen atoms in total. The van der Waals surface area contributed by atoms with E-state index in [1.54, 1.807) is 12.3 Å². The van der Waals surface area contributed by atoms with Gasteiger partial charge < -0.3 is 10.1 Å². The van der Waals surface area contributed by atoms with Gasteiger partial charge in [0.05, 0.1) is 18.8 Å². The summed E-state index contributed by atoms with van der Waals surface area (Å²) in [6, 6.07) is 9.23. The molecule has 0 aliphatic heterocycles. The van der Waals surface area contributed by atoms with Crippen molar-refractivity contribution in [1.82, 2.24) is 10.3 Å². The van der Waals surface area contributed by atoms with Crippen molar-refractivity contribution in [2.45, 2.75) is 26.3 Å². The summed E-state index contributed by atoms with van der Waals surface area (Å²) in [4.78, 5) is 3.82. The van der Waals surface area contributed by atoms with Gasteiger partial charge in [0.25, 0.3) is 0 Å². The highest BCUT2D eigenvalue weighted by molar-refractivity contribution is 5.41. The summed E-state index contributed by atoms with van der Waals surface area (Å²) in [5, 5.41) is 3.33. The Morgan fingerprint density at radius 2 is 2.00 bits per heavy atom. The van der Waals surface area contributed by atoms with Crippen LogP contribution in [0.25, 0.3) is 0 Å². The lowest BCUT2D eigenvalue weighted by molar-refractivity contribution is 0.311. The summed E-state index contributed by atoms with van der Waals surface area (Å²) >= 11 is 0. The Kier molecular flexibility index (Phi) is 5.69. The SMILES string of the molecule is CCCOc1ccccc1C(NCC)c1ccncc1F. The highest BCUT2D eigenvalue weighted by Crippen LogP contribution is 2.31. The molecule has 0 bridgehead atoms. The minimum atomic E-state index is -0.311. The van der Waals surface area contributed by atoms with Crippen LogP contribution in [-0.2, 0) is 0 Å². The second-order valence-corrected chi connectivity index (χ2v) is 4.77. The summed E-state index contributed by atoms with van der Waals surface area (Å²) < 4.78 is 19.9. The number of ether oxygens (including phenoxy) is 1. The van der Waals surface area contributed by atoms with E-state index in [1.165, 1.54) is 6.20 Å². The van der Waals surface area contributed by atoms with Crippen molar-refractivity contribution in [2.75, 3.05) is 13.2 Å². The number of rotatable bonds is 7. The van der Waals surface area contributed by atoms with Gasteiger partial charge in [-0.3, -0.25) is 4.98 Å². The molecule has 0 amide bonds. The first-order valence-electron chi connectivity index (χ1n) is 7.32. The predicted octanol–water partition coefficient (Wildman–Crippen LogP) is 3.71. The van der Waals surface area contributed by atoms with Gasteiger partial charge in [-0.1, -0.05) is 32.0 Å². The van der Waals surface area contributed by atoms with Crippen LogP contribution in [0.1, 0.15) is 37.4 Å². The topological polar surface area (TPSA) is 34.1 Å². The number of hydrogen-bond acceptors (Lipinski definition) is 3. The molecular weight excluding hydrogens is 267 g/mol. The van der Waals surface area contributed by atoms with Crippen molar-refractivity contribution < 1.29 is 9.13 Å². The average molecular weight is 288 g/mol. The highest BCUT2D eigenvalue weighted by Gasteiger charge is 2.20. The molecule has 0 fully saturated rings. The quantitative estimate of drug-likeness (QED) is 0.843. The van der Waals surface area contributed by atoms with Crippen molar-refractivity contribution in [3.63, 3.8) is 0 Å². The second kappa shape index (κ2) is 7.74. The third kappa shape index (κ3) is 3.79. The maximum atomic E-state index is 14.1. The molecule has 0 aliphatic rings. The lowest BCUT2D eigenvalue weighted by Crippen LogP contribution is -2.23. The molecule has 2 aromatic rings. The molecule has 0 spiro atoms. The number of hydrogen-bond donors (Lipinski definition) is 1. The smallest absolute Gasteiger partial charge is 0.146 e. The fourth-order valence-electron chi connectivity index (χ4n) is 2.27. The molecule has 1 atom stereocenters. The molecule has 1 N–H and O–H groups in total. The summed E-state index contributed by atoms with van der Waals surface area (Å²) in [5.74, 6) is 0.482. The number of nitrogens with one attached hydrogen (secondary N) is 1. The highest BCUT2D eigenvalue weighted by atomic mass is 19.1. The lowest BCUT2D eigenvalue weighted by atomic mass is 9.98. The Morgan fingerprint density at radius 1 is 1.19 bits per heavy atom. The van der Waals surface area contributed by atoms with Gasteiger partial charge in [-0.25, -0.2) is 4.39 Å². The minimum Gasteiger partial charge on any atom is -0.493 e. The Bertz CT molecular complexity index is 574. The number of nitrogens with zero attached hydrogens (tertiary/aromatic N) is 1. The maximum absolute atomic E-state index is 14.1. The van der Waals surface area contributed by atoms with Crippen LogP contribution < -0.4 is 10.1 Å². The predicted molar refractivity (Wildman–Crippen MR) is 81.9 cm³/mol. The summed E-state index contributed by atoms with van der Waals surface area (Å²) in [5.41, 5.74) is 1.53. The maximum Gasteiger partial charge on any atom is 0.146 e. The van der Waals surface area contributed by atoms with Crippen LogP contribution in [-0.4, -0.2) is 18.1 Å². The largest absolute Gasteiger partial charge is 0.493 e. The standard InChI is InChI=1S/C17H21FN2O/c1-3-11-21-16-8-6-5-7-14(16)17(20-4-2)13-9-10-19-12-15(13)18/h5-10,12,17,20H,3-4,11H2,1-2H3. The van der Waals surface area contributed by atoms with Gasteiger partial charge in [0.15, 0.2) is 0 Å². The first-order valence-corrected chi connectivity index (χ1v) is 7.32. The summed E-state index contributed by atoms with van der Waals surface area (Å²) in [6.45, 7) is 5.44. The molecule has 0 radical (unpaired) electrons. The number of aromatic nitrogens is 1. The van der Waals surface area contributed by atoms with E-state index in [0.717, 1.165) is 24.3 Å². The van der Waals surface area contributed by atoms with E-state index >= 15 is 0 Å². The van der Waals surface area contributed by atoms with Gasteiger partial charge in [0.1, 0.15) is 11.6 Å². The van der Waals surface area contributed by atoms with E-state index in [-0.39, 0.29) is 11.9 Å². The third-order valence-electron chi connectivity index (χ3n) is 3.21. The Balaban J connectivity index is 2.41. The van der Waals surface area contributed by atoms with Crippen molar-refractivity contribution in [3.05, 3.63) is 59.7 Å². The zero-order valence-electron chi connectivity index (χ0n) is 12.5. The molecule has 1 aromatic heterocycles. The Labute approximate surface area is 125 Å². The van der Waals surface area contributed by atoms with E-state index in [1.807, 2.05) is 31.2 Å². The van der Waals surface area contributed by atoms with Gasteiger partial charge in [0, 0.05) is 17.3 Å². The van der Waals surface area contributed by atoms with Crippen molar-refractivity contribution >= 4 is 0 Å². The van der Waals surface area contributed by atoms with Crippen LogP contribution >= 0.6 is 0 Å². The van der Waals surface area contributed by atoms with Gasteiger partial charge in [-0.15, -0.1) is 0 Å². The fourth-order valence-corrected chi connectivity index (χ4v) is 2.27. The number of halogens is 1. The van der Waals surface area contributed by atoms with E-state index in [4.69, 9.17) is 4.74 Å². The first kappa shape index (κ1) is 15.4. The number of benzene rings is 1. The van der Waals surface area contributed by atoms with Gasteiger partial charge in [-0.2, -0.15) is 0 Å². The molecule has 112 valence electrons. The Morgan fingerprint density at radius 3 is 2.71 bits per heavy atom. The van der Waals surface area contributed by atoms with Crippen molar-refractivity contribution in [2.24, 2.45) is 0 Å². The van der Waals surface area contributed by atoms with E-state index in [0.29, 0.717) is 12.2 Å². The van der Waals surface area contributed by atoms with Crippen LogP contribution in [0.5, 0.6) is 5.75 Å². The molecule has 2 rings (SSSR count). The fraction of sp³-hybridized carbons (Fsp3) is 0.353. The lowest BCUT2D eigenvalue weighted by Gasteiger charge is -2.22. The van der Waals surface area contributed by atoms with Crippen LogP contribution in [0.2, 0.25) is 0 Å². The van der Waals surface area contributed by atoms with Crippen molar-refractivity contribution in [1.29, 1.82) is 0 Å². The molecule has 1 aromatic carbocycles.